The Morgan fingerprint density at radius 3 is 2.47 bits per heavy atom. The maximum absolute atomic E-state index is 12.4. The van der Waals surface area contributed by atoms with E-state index in [4.69, 9.17) is 0 Å². The molecule has 0 atom stereocenters. The van der Waals surface area contributed by atoms with Crippen molar-refractivity contribution in [3.63, 3.8) is 0 Å². The fraction of sp³-hybridized carbons (Fsp3) is 0.600. The maximum Gasteiger partial charge on any atom is 0.269 e. The normalized spacial score (nSPS) is 17.6. The summed E-state index contributed by atoms with van der Waals surface area (Å²) in [5.41, 5.74) is 0.892. The van der Waals surface area contributed by atoms with E-state index < -0.39 is 0 Å². The molecule has 2 fully saturated rings. The van der Waals surface area contributed by atoms with Crippen LogP contribution in [-0.2, 0) is 11.3 Å². The number of hydrogen-bond acceptors (Lipinski definition) is 5. The monoisotopic (exact) mass is 530 g/mol. The first kappa shape index (κ1) is 24.3. The zero-order valence-corrected chi connectivity index (χ0v) is 19.8. The number of non-ortho nitro benzene ring substituents is 1. The van der Waals surface area contributed by atoms with Gasteiger partial charge in [-0.2, -0.15) is 0 Å². The van der Waals surface area contributed by atoms with Gasteiger partial charge >= 0.3 is 0 Å². The summed E-state index contributed by atoms with van der Waals surface area (Å²) in [7, 11) is 0. The van der Waals surface area contributed by atoms with E-state index in [-0.39, 0.29) is 40.5 Å². The van der Waals surface area contributed by atoms with Crippen LogP contribution in [0.3, 0.4) is 0 Å². The van der Waals surface area contributed by atoms with Gasteiger partial charge in [0.2, 0.25) is 5.91 Å². The molecule has 9 nitrogen and oxygen atoms in total. The number of hydrogen-bond donors (Lipinski definition) is 1. The number of aliphatic imine (C=N–C) groups is 1. The molecule has 0 spiro atoms. The Balaban J connectivity index is 0.00000320. The van der Waals surface area contributed by atoms with Crippen LogP contribution in [0.1, 0.15) is 25.3 Å². The van der Waals surface area contributed by atoms with Gasteiger partial charge < -0.3 is 15.1 Å². The standard InChI is InChI=1S/C20H30N6O3.HI/c1-2-21-20(22-15-17-6-5-7-18(14-17)26(28)29)25-12-10-23(11-13-25)16-19(27)24-8-3-4-9-24;/h5-7,14H,2-4,8-13,15-16H2,1H3,(H,21,22);1H. The van der Waals surface area contributed by atoms with Crippen molar-refractivity contribution in [2.24, 2.45) is 4.99 Å². The number of benzene rings is 1. The van der Waals surface area contributed by atoms with Crippen molar-refractivity contribution in [3.8, 4) is 0 Å². The summed E-state index contributed by atoms with van der Waals surface area (Å²) in [6.07, 6.45) is 2.24. The Labute approximate surface area is 194 Å². The van der Waals surface area contributed by atoms with Gasteiger partial charge in [0.1, 0.15) is 0 Å². The summed E-state index contributed by atoms with van der Waals surface area (Å²) in [4.78, 5) is 34.0. The third-order valence-electron chi connectivity index (χ3n) is 5.36. The number of halogens is 1. The second-order valence-corrected chi connectivity index (χ2v) is 7.45. The van der Waals surface area contributed by atoms with Gasteiger partial charge in [0.05, 0.1) is 18.0 Å². The maximum atomic E-state index is 12.4. The van der Waals surface area contributed by atoms with E-state index in [1.165, 1.54) is 6.07 Å². The first-order valence-electron chi connectivity index (χ1n) is 10.3. The van der Waals surface area contributed by atoms with E-state index in [0.29, 0.717) is 13.1 Å². The molecule has 2 heterocycles. The second-order valence-electron chi connectivity index (χ2n) is 7.45. The molecule has 1 N–H and O–H groups in total. The van der Waals surface area contributed by atoms with Crippen LogP contribution in [0, 0.1) is 10.1 Å². The largest absolute Gasteiger partial charge is 0.357 e. The molecule has 0 saturated carbocycles. The Kier molecular flexibility index (Phi) is 9.76. The minimum Gasteiger partial charge on any atom is -0.357 e. The summed E-state index contributed by atoms with van der Waals surface area (Å²) in [5, 5.41) is 14.3. The number of rotatable bonds is 6. The number of carbonyl (C=O) groups is 1. The average Bonchev–Trinajstić information content (AvgIpc) is 3.27. The average molecular weight is 530 g/mol. The SMILES string of the molecule is CCNC(=NCc1cccc([N+](=O)[O-])c1)N1CCN(CC(=O)N2CCCC2)CC1.I. The van der Waals surface area contributed by atoms with Crippen molar-refractivity contribution >= 4 is 41.5 Å². The quantitative estimate of drug-likeness (QED) is 0.199. The summed E-state index contributed by atoms with van der Waals surface area (Å²) in [6.45, 7) is 8.69. The Hall–Kier alpha value is -1.95. The van der Waals surface area contributed by atoms with Crippen LogP contribution >= 0.6 is 24.0 Å². The van der Waals surface area contributed by atoms with Crippen molar-refractivity contribution in [2.45, 2.75) is 26.3 Å². The molecule has 0 aliphatic carbocycles. The Bertz CT molecular complexity index is 746. The summed E-state index contributed by atoms with van der Waals surface area (Å²) in [5.74, 6) is 1.05. The number of nitro benzene ring substituents is 1. The summed E-state index contributed by atoms with van der Waals surface area (Å²) >= 11 is 0. The Morgan fingerprint density at radius 1 is 1.13 bits per heavy atom. The van der Waals surface area contributed by atoms with E-state index in [1.807, 2.05) is 17.9 Å². The second kappa shape index (κ2) is 12.0. The molecule has 0 aromatic heterocycles. The van der Waals surface area contributed by atoms with Gasteiger partial charge in [-0.3, -0.25) is 19.8 Å². The predicted octanol–water partition coefficient (Wildman–Crippen LogP) is 1.92. The highest BCUT2D eigenvalue weighted by Gasteiger charge is 2.24. The molecule has 2 aliphatic heterocycles. The molecular weight excluding hydrogens is 499 g/mol. The minimum absolute atomic E-state index is 0. The first-order valence-corrected chi connectivity index (χ1v) is 10.3. The molecule has 1 aromatic carbocycles. The van der Waals surface area contributed by atoms with Crippen LogP contribution in [0.4, 0.5) is 5.69 Å². The number of guanidine groups is 1. The highest BCUT2D eigenvalue weighted by Crippen LogP contribution is 2.14. The van der Waals surface area contributed by atoms with Gasteiger partial charge in [0.15, 0.2) is 5.96 Å². The molecule has 2 saturated heterocycles. The topological polar surface area (TPSA) is 94.3 Å². The number of likely N-dealkylation sites (tertiary alicyclic amines) is 1. The number of amides is 1. The zero-order chi connectivity index (χ0) is 20.6. The van der Waals surface area contributed by atoms with Gasteiger partial charge in [-0.25, -0.2) is 4.99 Å². The number of nitrogens with one attached hydrogen (secondary N) is 1. The van der Waals surface area contributed by atoms with Crippen molar-refractivity contribution in [1.82, 2.24) is 20.0 Å². The first-order chi connectivity index (χ1) is 14.1. The highest BCUT2D eigenvalue weighted by molar-refractivity contribution is 14.0. The van der Waals surface area contributed by atoms with Crippen molar-refractivity contribution in [3.05, 3.63) is 39.9 Å². The van der Waals surface area contributed by atoms with Crippen LogP contribution in [0.2, 0.25) is 0 Å². The number of piperazine rings is 1. The Morgan fingerprint density at radius 2 is 1.83 bits per heavy atom. The molecule has 1 amide bonds. The van der Waals surface area contributed by atoms with Gasteiger partial charge in [-0.15, -0.1) is 24.0 Å². The lowest BCUT2D eigenvalue weighted by atomic mass is 10.2. The van der Waals surface area contributed by atoms with Crippen molar-refractivity contribution in [1.29, 1.82) is 0 Å². The van der Waals surface area contributed by atoms with Gasteiger partial charge in [0.25, 0.3) is 5.69 Å². The van der Waals surface area contributed by atoms with E-state index >= 15 is 0 Å². The van der Waals surface area contributed by atoms with Gasteiger partial charge in [-0.05, 0) is 25.3 Å². The minimum atomic E-state index is -0.388. The lowest BCUT2D eigenvalue weighted by Crippen LogP contribution is -2.54. The molecule has 2 aliphatic rings. The molecule has 0 unspecified atom stereocenters. The van der Waals surface area contributed by atoms with Crippen LogP contribution in [-0.4, -0.2) is 83.8 Å². The molecule has 0 bridgehead atoms. The van der Waals surface area contributed by atoms with Crippen LogP contribution in [0.5, 0.6) is 0 Å². The van der Waals surface area contributed by atoms with Gasteiger partial charge in [0, 0.05) is 57.9 Å². The van der Waals surface area contributed by atoms with Crippen molar-refractivity contribution < 1.29 is 9.72 Å². The van der Waals surface area contributed by atoms with Crippen LogP contribution in [0.15, 0.2) is 29.3 Å². The van der Waals surface area contributed by atoms with E-state index in [1.54, 1.807) is 12.1 Å². The van der Waals surface area contributed by atoms with E-state index in [2.05, 4.69) is 20.1 Å². The van der Waals surface area contributed by atoms with E-state index in [9.17, 15) is 14.9 Å². The fourth-order valence-corrected chi connectivity index (χ4v) is 3.74. The zero-order valence-electron chi connectivity index (χ0n) is 17.5. The third-order valence-corrected chi connectivity index (χ3v) is 5.36. The fourth-order valence-electron chi connectivity index (χ4n) is 3.74. The molecule has 0 radical (unpaired) electrons. The molecular formula is C20H31IN6O3. The lowest BCUT2D eigenvalue weighted by molar-refractivity contribution is -0.384. The summed E-state index contributed by atoms with van der Waals surface area (Å²) in [6, 6.07) is 6.59. The highest BCUT2D eigenvalue weighted by atomic mass is 127. The third kappa shape index (κ3) is 6.79. The molecule has 30 heavy (non-hydrogen) atoms. The predicted molar refractivity (Wildman–Crippen MR) is 127 cm³/mol. The van der Waals surface area contributed by atoms with Crippen LogP contribution < -0.4 is 5.32 Å². The molecule has 10 heteroatoms. The van der Waals surface area contributed by atoms with Crippen molar-refractivity contribution in [2.75, 3.05) is 52.4 Å². The van der Waals surface area contributed by atoms with Crippen LogP contribution in [0.25, 0.3) is 0 Å². The molecule has 1 aromatic rings. The number of nitrogens with zero attached hydrogens (tertiary/aromatic N) is 5. The molecule has 166 valence electrons. The van der Waals surface area contributed by atoms with Gasteiger partial charge in [-0.1, -0.05) is 12.1 Å². The van der Waals surface area contributed by atoms with E-state index in [0.717, 1.165) is 70.2 Å². The number of carbonyl (C=O) groups excluding carboxylic acids is 1. The molecule has 3 rings (SSSR count). The summed E-state index contributed by atoms with van der Waals surface area (Å²) < 4.78 is 0. The number of nitro groups is 1. The lowest BCUT2D eigenvalue weighted by Gasteiger charge is -2.36. The smallest absolute Gasteiger partial charge is 0.269 e.